The third-order valence-corrected chi connectivity index (χ3v) is 1.80. The third-order valence-electron chi connectivity index (χ3n) is 1.28. The summed E-state index contributed by atoms with van der Waals surface area (Å²) in [6.07, 6.45) is 3.73. The lowest BCUT2D eigenvalue weighted by atomic mass is 10.5. The van der Waals surface area contributed by atoms with E-state index in [9.17, 15) is 0 Å². The van der Waals surface area contributed by atoms with Gasteiger partial charge in [-0.25, -0.2) is 11.4 Å². The van der Waals surface area contributed by atoms with Gasteiger partial charge >= 0.3 is 0 Å². The fraction of sp³-hybridized carbons (Fsp3) is 0.778. The van der Waals surface area contributed by atoms with E-state index in [4.69, 9.17) is 28.0 Å². The summed E-state index contributed by atoms with van der Waals surface area (Å²) in [6, 6.07) is 0. The van der Waals surface area contributed by atoms with E-state index < -0.39 is 0 Å². The minimum atomic E-state index is 0. The van der Waals surface area contributed by atoms with E-state index >= 15 is 0 Å². The van der Waals surface area contributed by atoms with Crippen LogP contribution < -0.4 is 34.5 Å². The molecule has 0 spiro atoms. The van der Waals surface area contributed by atoms with Gasteiger partial charge in [0, 0.05) is 0 Å². The molecular weight excluding hydrogens is 320 g/mol. The van der Waals surface area contributed by atoms with E-state index in [-0.39, 0.29) is 18.4 Å². The number of hydrogen-bond acceptors (Lipinski definition) is 8. The molecule has 0 rings (SSSR count). The zero-order valence-corrected chi connectivity index (χ0v) is 14.4. The second kappa shape index (κ2) is 27.2. The largest absolute Gasteiger partial charge is 0.377 e. The molecule has 130 valence electrons. The zero-order valence-electron chi connectivity index (χ0n) is 12.7. The lowest BCUT2D eigenvalue weighted by Gasteiger charge is -2.01. The van der Waals surface area contributed by atoms with Crippen LogP contribution in [0.4, 0.5) is 0 Å². The Morgan fingerprint density at radius 1 is 1.10 bits per heavy atom. The Kier molecular flexibility index (Phi) is 36.4. The summed E-state index contributed by atoms with van der Waals surface area (Å²) < 4.78 is 0. The second-order valence-corrected chi connectivity index (χ2v) is 3.83. The fourth-order valence-electron chi connectivity index (χ4n) is 0.424. The van der Waals surface area contributed by atoms with E-state index in [0.29, 0.717) is 18.4 Å². The normalized spacial score (nSPS) is 10.3. The molecule has 0 aliphatic rings. The van der Waals surface area contributed by atoms with Crippen LogP contribution in [-0.2, 0) is 9.68 Å². The number of amidine groups is 1. The average Bonchev–Trinajstić information content (AvgIpc) is 2.48. The maximum absolute atomic E-state index is 5.10. The van der Waals surface area contributed by atoms with Crippen LogP contribution in [0.1, 0.15) is 26.7 Å². The first-order valence-electron chi connectivity index (χ1n) is 5.83. The smallest absolute Gasteiger partial charge is 0.234 e. The molecule has 10 nitrogen and oxygen atoms in total. The van der Waals surface area contributed by atoms with E-state index in [0.717, 1.165) is 12.8 Å². The van der Waals surface area contributed by atoms with Crippen LogP contribution in [0.2, 0.25) is 0 Å². The summed E-state index contributed by atoms with van der Waals surface area (Å²) in [5, 5.41) is 6.69. The van der Waals surface area contributed by atoms with Crippen LogP contribution in [0.15, 0.2) is 10.2 Å². The third kappa shape index (κ3) is 38.1. The van der Waals surface area contributed by atoms with Gasteiger partial charge in [0.25, 0.3) is 0 Å². The molecule has 11 N–H and O–H groups in total. The van der Waals surface area contributed by atoms with Crippen LogP contribution in [0.25, 0.3) is 0 Å². The summed E-state index contributed by atoms with van der Waals surface area (Å²) >= 11 is 1.33. The highest BCUT2D eigenvalue weighted by Gasteiger charge is 1.85. The van der Waals surface area contributed by atoms with E-state index in [1.54, 1.807) is 0 Å². The topological polar surface area (TPSA) is 185 Å². The first-order valence-corrected chi connectivity index (χ1v) is 7.06. The van der Waals surface area contributed by atoms with E-state index in [1.165, 1.54) is 11.8 Å². The molecule has 0 amide bonds. The van der Waals surface area contributed by atoms with Crippen LogP contribution in [0.3, 0.4) is 0 Å². The van der Waals surface area contributed by atoms with Crippen molar-refractivity contribution < 1.29 is 9.68 Å². The van der Waals surface area contributed by atoms with Gasteiger partial charge in [-0.15, -0.1) is 17.5 Å². The summed E-state index contributed by atoms with van der Waals surface area (Å²) in [5.41, 5.74) is 12.5. The van der Waals surface area contributed by atoms with Crippen molar-refractivity contribution >= 4 is 35.3 Å². The van der Waals surface area contributed by atoms with Gasteiger partial charge in [-0.1, -0.05) is 25.6 Å². The highest BCUT2D eigenvalue weighted by atomic mass is 35.5. The van der Waals surface area contributed by atoms with Crippen molar-refractivity contribution in [1.29, 1.82) is 0 Å². The molecule has 0 aromatic rings. The maximum Gasteiger partial charge on any atom is 0.234 e. The molecule has 0 bridgehead atoms. The SMILES string of the molecule is CCCON.CCCONC(N)=NN.CSC(N)=NN.Cl. The Bertz CT molecular complexity index is 244. The number of nitrogens with two attached hydrogens (primary N) is 5. The minimum absolute atomic E-state index is 0. The molecule has 0 saturated heterocycles. The molecule has 0 radical (unpaired) electrons. The summed E-state index contributed by atoms with van der Waals surface area (Å²) in [5.74, 6) is 14.2. The molecule has 21 heavy (non-hydrogen) atoms. The molecule has 0 fully saturated rings. The van der Waals surface area contributed by atoms with Crippen molar-refractivity contribution in [3.63, 3.8) is 0 Å². The van der Waals surface area contributed by atoms with Gasteiger partial charge < -0.3 is 28.0 Å². The molecule has 0 aliphatic heterocycles. The van der Waals surface area contributed by atoms with Gasteiger partial charge in [0.1, 0.15) is 0 Å². The summed E-state index contributed by atoms with van der Waals surface area (Å²) in [7, 11) is 0. The summed E-state index contributed by atoms with van der Waals surface area (Å²) in [6.45, 7) is 5.25. The van der Waals surface area contributed by atoms with Crippen molar-refractivity contribution in [1.82, 2.24) is 5.48 Å². The molecule has 0 atom stereocenters. The number of rotatable bonds is 5. The van der Waals surface area contributed by atoms with Gasteiger partial charge in [0.05, 0.1) is 13.2 Å². The molecule has 0 aromatic carbocycles. The van der Waals surface area contributed by atoms with Crippen molar-refractivity contribution in [3.8, 4) is 0 Å². The lowest BCUT2D eigenvalue weighted by Crippen LogP contribution is -2.32. The van der Waals surface area contributed by atoms with Gasteiger partial charge in [-0.05, 0) is 19.1 Å². The molecule has 0 aliphatic carbocycles. The number of hydroxylamine groups is 1. The molecule has 0 unspecified atom stereocenters. The minimum Gasteiger partial charge on any atom is -0.377 e. The average molecular weight is 349 g/mol. The Labute approximate surface area is 136 Å². The predicted octanol–water partition coefficient (Wildman–Crippen LogP) is -0.648. The van der Waals surface area contributed by atoms with Crippen LogP contribution >= 0.6 is 24.2 Å². The van der Waals surface area contributed by atoms with E-state index in [1.807, 2.05) is 20.1 Å². The van der Waals surface area contributed by atoms with Gasteiger partial charge in [0.2, 0.25) is 5.96 Å². The Morgan fingerprint density at radius 3 is 1.81 bits per heavy atom. The molecule has 0 heterocycles. The number of thioether (sulfide) groups is 1. The first-order chi connectivity index (χ1) is 9.53. The quantitative estimate of drug-likeness (QED) is 0.123. The zero-order chi connectivity index (χ0) is 16.2. The predicted molar refractivity (Wildman–Crippen MR) is 92.2 cm³/mol. The van der Waals surface area contributed by atoms with Crippen LogP contribution in [0, 0.1) is 0 Å². The fourth-order valence-corrected chi connectivity index (χ4v) is 0.529. The van der Waals surface area contributed by atoms with Gasteiger partial charge in [-0.2, -0.15) is 5.10 Å². The molecule has 12 heteroatoms. The first kappa shape index (κ1) is 28.1. The number of hydrogen-bond donors (Lipinski definition) is 6. The molecule has 0 aromatic heterocycles. The number of nitrogens with zero attached hydrogens (tertiary/aromatic N) is 2. The second-order valence-electron chi connectivity index (χ2n) is 3.01. The van der Waals surface area contributed by atoms with E-state index in [2.05, 4.69) is 26.4 Å². The Morgan fingerprint density at radius 2 is 1.62 bits per heavy atom. The number of hydrazone groups is 2. The van der Waals surface area contributed by atoms with Gasteiger partial charge in [-0.3, -0.25) is 4.84 Å². The Hall–Kier alpha value is -1.14. The lowest BCUT2D eigenvalue weighted by molar-refractivity contribution is 0.0845. The van der Waals surface area contributed by atoms with Gasteiger partial charge in [0.15, 0.2) is 5.17 Å². The monoisotopic (exact) mass is 348 g/mol. The maximum atomic E-state index is 5.10. The standard InChI is InChI=1S/C4H12N4O.C3H9NO.C2H7N3S.ClH/c1-2-3-9-8-4(5)7-6;1-2-3-5-4;1-6-2(3)5-4;/h2-3,6H2,1H3,(H3,5,7,8);2-4H2,1H3;4H2,1H3,(H2,3,5);1H. The van der Waals surface area contributed by atoms with Crippen molar-refractivity contribution in [3.05, 3.63) is 0 Å². The van der Waals surface area contributed by atoms with Crippen molar-refractivity contribution in [2.75, 3.05) is 19.5 Å². The summed E-state index contributed by atoms with van der Waals surface area (Å²) in [4.78, 5) is 8.94. The number of nitrogens with one attached hydrogen (secondary N) is 1. The van der Waals surface area contributed by atoms with Crippen molar-refractivity contribution in [2.24, 2.45) is 39.3 Å². The van der Waals surface area contributed by atoms with Crippen LogP contribution in [-0.4, -0.2) is 30.6 Å². The molecule has 0 saturated carbocycles. The highest BCUT2D eigenvalue weighted by Crippen LogP contribution is 1.85. The van der Waals surface area contributed by atoms with Crippen LogP contribution in [0.5, 0.6) is 0 Å². The Balaban J connectivity index is -0.000000106. The van der Waals surface area contributed by atoms with Crippen molar-refractivity contribution in [2.45, 2.75) is 26.7 Å². The highest BCUT2D eigenvalue weighted by molar-refractivity contribution is 8.13. The molecular formula is C9H29ClN8O2S. The number of halogens is 1. The number of guanidine groups is 1.